The minimum absolute atomic E-state index is 0.0525. The van der Waals surface area contributed by atoms with Crippen LogP contribution in [0.15, 0.2) is 12.2 Å². The fourth-order valence-electron chi connectivity index (χ4n) is 8.36. The van der Waals surface area contributed by atoms with Crippen LogP contribution >= 0.6 is 7.82 Å². The molecule has 1 unspecified atom stereocenters. The Balaban J connectivity index is 2.39. The zero-order chi connectivity index (χ0) is 48.8. The number of aliphatic hydroxyl groups excluding tert-OH is 3. The van der Waals surface area contributed by atoms with E-state index in [1.54, 1.807) is 12.2 Å². The summed E-state index contributed by atoms with van der Waals surface area (Å²) in [6.45, 7) is 2.36. The predicted octanol–water partition coefficient (Wildman–Crippen LogP) is 9.96. The van der Waals surface area contributed by atoms with Crippen molar-refractivity contribution in [2.45, 2.75) is 250 Å². The molecule has 0 radical (unpaired) electrons. The fraction of sp³-hybridized carbons (Fsp3) is 0.880. The minimum Gasteiger partial charge on any atom is -0.480 e. The average Bonchev–Trinajstić information content (AvgIpc) is 3.54. The topological polar surface area (TPSA) is 249 Å². The monoisotopic (exact) mass is 962 g/mol. The molecule has 1 aliphatic carbocycles. The third-order valence-electron chi connectivity index (χ3n) is 12.5. The largest absolute Gasteiger partial charge is 0.480 e. The molecule has 1 saturated carbocycles. The zero-order valence-electron chi connectivity index (χ0n) is 40.9. The van der Waals surface area contributed by atoms with Crippen LogP contribution in [-0.2, 0) is 42.3 Å². The molecule has 0 aliphatic heterocycles. The summed E-state index contributed by atoms with van der Waals surface area (Å²) in [6, 6.07) is -1.57. The molecular formula is C50H92NO14P. The number of esters is 2. The predicted molar refractivity (Wildman–Crippen MR) is 256 cm³/mol. The van der Waals surface area contributed by atoms with Gasteiger partial charge in [-0.2, -0.15) is 0 Å². The second kappa shape index (κ2) is 39.6. The van der Waals surface area contributed by atoms with Crippen molar-refractivity contribution < 1.29 is 67.6 Å². The van der Waals surface area contributed by atoms with Crippen LogP contribution < -0.4 is 5.73 Å². The molecule has 8 atom stereocenters. The van der Waals surface area contributed by atoms with Gasteiger partial charge in [-0.3, -0.25) is 28.2 Å². The maximum atomic E-state index is 12.9. The second-order valence-corrected chi connectivity index (χ2v) is 20.1. The summed E-state index contributed by atoms with van der Waals surface area (Å²) in [5.41, 5.74) is 5.34. The summed E-state index contributed by atoms with van der Waals surface area (Å²) in [7, 11) is -4.81. The van der Waals surface area contributed by atoms with Crippen molar-refractivity contribution in [1.29, 1.82) is 0 Å². The summed E-state index contributed by atoms with van der Waals surface area (Å²) < 4.78 is 32.7. The molecule has 0 aromatic heterocycles. The van der Waals surface area contributed by atoms with Crippen molar-refractivity contribution in [3.8, 4) is 0 Å². The molecule has 0 heterocycles. The third-order valence-corrected chi connectivity index (χ3v) is 13.4. The van der Waals surface area contributed by atoms with Crippen molar-refractivity contribution in [3.63, 3.8) is 0 Å². The number of hydrogen-bond acceptors (Lipinski definition) is 13. The number of rotatable bonds is 45. The number of hydrogen-bond donors (Lipinski definition) is 6. The lowest BCUT2D eigenvalue weighted by Gasteiger charge is -2.20. The number of carbonyl (C=O) groups excluding carboxylic acids is 3. The zero-order valence-corrected chi connectivity index (χ0v) is 41.8. The molecule has 1 rings (SSSR count). The SMILES string of the molecule is CCCCCCCCCCCCCCCCCCCCCCCC(=O)O[C@H](COC(=O)CCCCC(=O)C[C@@H]1[C@@H](/C=C/[C@@H](O)CCCCC)[C@H](O)C[C@@H]1O)COP(=O)(O)OC[C@H](N)C(=O)O. The normalized spacial score (nSPS) is 19.7. The number of carbonyl (C=O) groups is 4. The van der Waals surface area contributed by atoms with Gasteiger partial charge in [-0.25, -0.2) is 4.57 Å². The van der Waals surface area contributed by atoms with Crippen molar-refractivity contribution in [2.75, 3.05) is 19.8 Å². The summed E-state index contributed by atoms with van der Waals surface area (Å²) in [4.78, 5) is 59.3. The van der Waals surface area contributed by atoms with Gasteiger partial charge in [0, 0.05) is 43.9 Å². The second-order valence-electron chi connectivity index (χ2n) is 18.6. The number of unbranched alkanes of at least 4 members (excludes halogenated alkanes) is 23. The summed E-state index contributed by atoms with van der Waals surface area (Å²) in [5, 5.41) is 40.3. The van der Waals surface area contributed by atoms with E-state index >= 15 is 0 Å². The fourth-order valence-corrected chi connectivity index (χ4v) is 9.14. The molecule has 1 fully saturated rings. The Bertz CT molecular complexity index is 1350. The van der Waals surface area contributed by atoms with Crippen molar-refractivity contribution in [1.82, 2.24) is 0 Å². The van der Waals surface area contributed by atoms with Crippen molar-refractivity contribution >= 4 is 31.5 Å². The van der Waals surface area contributed by atoms with E-state index in [0.717, 1.165) is 44.9 Å². The van der Waals surface area contributed by atoms with E-state index in [1.165, 1.54) is 103 Å². The first kappa shape index (κ1) is 61.8. The van der Waals surface area contributed by atoms with Crippen LogP contribution in [0.3, 0.4) is 0 Å². The highest BCUT2D eigenvalue weighted by molar-refractivity contribution is 7.47. The van der Waals surface area contributed by atoms with Gasteiger partial charge in [-0.05, 0) is 25.7 Å². The minimum atomic E-state index is -4.81. The lowest BCUT2D eigenvalue weighted by atomic mass is 9.87. The first-order valence-electron chi connectivity index (χ1n) is 25.9. The number of phosphoric ester groups is 1. The lowest BCUT2D eigenvalue weighted by Crippen LogP contribution is -2.34. The third kappa shape index (κ3) is 33.3. The van der Waals surface area contributed by atoms with Crippen LogP contribution in [0.2, 0.25) is 0 Å². The molecule has 0 spiro atoms. The molecule has 15 nitrogen and oxygen atoms in total. The molecule has 0 amide bonds. The maximum absolute atomic E-state index is 12.9. The molecule has 386 valence electrons. The standard InChI is InChI=1S/C50H92NO14P/c1-3-5-7-8-9-10-11-12-13-14-15-16-17-18-19-20-21-22-23-24-26-32-49(57)65-42(38-63-66(60,61)64-39-45(51)50(58)59)37-62-48(56)31-28-27-30-41(53)35-44-43(46(54)36-47(44)55)34-33-40(52)29-25-6-4-2/h33-34,40,42-47,52,54-55H,3-32,35-39,51H2,1-2H3,(H,58,59)(H,60,61)/b34-33+/t40-,42+,43+,44+,45-,46+,47-/m0/s1. The van der Waals surface area contributed by atoms with Crippen molar-refractivity contribution in [2.24, 2.45) is 17.6 Å². The Morgan fingerprint density at radius 3 is 1.62 bits per heavy atom. The maximum Gasteiger partial charge on any atom is 0.472 e. The Morgan fingerprint density at radius 1 is 0.636 bits per heavy atom. The van der Waals surface area contributed by atoms with Gasteiger partial charge in [-0.1, -0.05) is 174 Å². The van der Waals surface area contributed by atoms with Crippen LogP contribution in [0.4, 0.5) is 0 Å². The van der Waals surface area contributed by atoms with Crippen LogP contribution in [0.25, 0.3) is 0 Å². The van der Waals surface area contributed by atoms with E-state index in [1.807, 2.05) is 0 Å². The molecule has 7 N–H and O–H groups in total. The van der Waals surface area contributed by atoms with Gasteiger partial charge >= 0.3 is 25.7 Å². The van der Waals surface area contributed by atoms with Gasteiger partial charge in [0.2, 0.25) is 0 Å². The molecular weight excluding hydrogens is 870 g/mol. The number of carboxylic acids is 1. The Kier molecular flexibility index (Phi) is 37.1. The number of aliphatic hydroxyl groups is 3. The number of ether oxygens (including phenoxy) is 2. The molecule has 66 heavy (non-hydrogen) atoms. The van der Waals surface area contributed by atoms with Gasteiger partial charge in [0.1, 0.15) is 18.4 Å². The van der Waals surface area contributed by atoms with E-state index in [0.29, 0.717) is 25.7 Å². The number of carboxylic acid groups (broad SMARTS) is 1. The van der Waals surface area contributed by atoms with Gasteiger partial charge in [0.25, 0.3) is 0 Å². The van der Waals surface area contributed by atoms with E-state index in [2.05, 4.69) is 18.4 Å². The van der Waals surface area contributed by atoms with E-state index in [9.17, 15) is 44.0 Å². The number of phosphoric acid groups is 1. The van der Waals surface area contributed by atoms with Crippen molar-refractivity contribution in [3.05, 3.63) is 12.2 Å². The van der Waals surface area contributed by atoms with Crippen LogP contribution in [0.1, 0.15) is 219 Å². The van der Waals surface area contributed by atoms with Crippen LogP contribution in [0.5, 0.6) is 0 Å². The molecule has 0 aromatic rings. The molecule has 0 saturated heterocycles. The Labute approximate surface area is 397 Å². The van der Waals surface area contributed by atoms with E-state index in [-0.39, 0.29) is 37.9 Å². The highest BCUT2D eigenvalue weighted by Gasteiger charge is 2.41. The smallest absolute Gasteiger partial charge is 0.472 e. The van der Waals surface area contributed by atoms with E-state index in [4.69, 9.17) is 24.8 Å². The molecule has 0 aromatic carbocycles. The highest BCUT2D eigenvalue weighted by Crippen LogP contribution is 2.43. The number of aliphatic carboxylic acids is 1. The summed E-state index contributed by atoms with van der Waals surface area (Å²) in [5.74, 6) is -3.76. The highest BCUT2D eigenvalue weighted by atomic mass is 31.2. The first-order chi connectivity index (χ1) is 31.7. The van der Waals surface area contributed by atoms with Gasteiger partial charge < -0.3 is 40.5 Å². The van der Waals surface area contributed by atoms with Gasteiger partial charge in [0.15, 0.2) is 6.10 Å². The number of nitrogens with two attached hydrogens (primary N) is 1. The number of Topliss-reactive ketones (excluding diaryl/α,β-unsaturated/α-hetero) is 1. The molecule has 1 aliphatic rings. The van der Waals surface area contributed by atoms with Gasteiger partial charge in [0.05, 0.1) is 31.5 Å². The first-order valence-corrected chi connectivity index (χ1v) is 27.4. The van der Waals surface area contributed by atoms with Crippen LogP contribution in [0, 0.1) is 11.8 Å². The lowest BCUT2D eigenvalue weighted by molar-refractivity contribution is -0.161. The number of ketones is 1. The Hall–Kier alpha value is -2.23. The summed E-state index contributed by atoms with van der Waals surface area (Å²) >= 11 is 0. The molecule has 16 heteroatoms. The van der Waals surface area contributed by atoms with E-state index < -0.39 is 87.8 Å². The summed E-state index contributed by atoms with van der Waals surface area (Å²) in [6.07, 6.45) is 30.5. The quantitative estimate of drug-likeness (QED) is 0.0144. The van der Waals surface area contributed by atoms with Gasteiger partial charge in [-0.15, -0.1) is 0 Å². The van der Waals surface area contributed by atoms with Crippen LogP contribution in [-0.4, -0.2) is 99.3 Å². The Morgan fingerprint density at radius 2 is 1.09 bits per heavy atom. The average molecular weight is 962 g/mol. The molecule has 0 bridgehead atoms.